The Morgan fingerprint density at radius 2 is 2.20 bits per heavy atom. The van der Waals surface area contributed by atoms with Gasteiger partial charge < -0.3 is 9.15 Å². The molecular formula is C14H13IN2O3. The molecule has 0 saturated carbocycles. The van der Waals surface area contributed by atoms with Crippen LogP contribution in [0.2, 0.25) is 0 Å². The van der Waals surface area contributed by atoms with Crippen LogP contribution in [0.4, 0.5) is 0 Å². The summed E-state index contributed by atoms with van der Waals surface area (Å²) in [5.41, 5.74) is 3.89. The van der Waals surface area contributed by atoms with Crippen molar-refractivity contribution in [2.75, 3.05) is 7.11 Å². The van der Waals surface area contributed by atoms with Crippen molar-refractivity contribution in [3.8, 4) is 5.75 Å². The van der Waals surface area contributed by atoms with Crippen molar-refractivity contribution in [3.63, 3.8) is 0 Å². The van der Waals surface area contributed by atoms with E-state index in [-0.39, 0.29) is 5.91 Å². The van der Waals surface area contributed by atoms with E-state index in [1.54, 1.807) is 18.2 Å². The van der Waals surface area contributed by atoms with E-state index in [9.17, 15) is 4.79 Å². The van der Waals surface area contributed by atoms with Crippen LogP contribution in [0.3, 0.4) is 0 Å². The lowest BCUT2D eigenvalue weighted by atomic mass is 10.1. The Balaban J connectivity index is 2.07. The second kappa shape index (κ2) is 6.56. The predicted molar refractivity (Wildman–Crippen MR) is 84.2 cm³/mol. The first kappa shape index (κ1) is 14.6. The molecule has 6 heteroatoms. The summed E-state index contributed by atoms with van der Waals surface area (Å²) in [7, 11) is 1.53. The molecule has 1 N–H and O–H groups in total. The highest BCUT2D eigenvalue weighted by Crippen LogP contribution is 2.19. The highest BCUT2D eigenvalue weighted by Gasteiger charge is 2.11. The van der Waals surface area contributed by atoms with Crippen LogP contribution < -0.4 is 10.2 Å². The first-order chi connectivity index (χ1) is 9.60. The molecular weight excluding hydrogens is 371 g/mol. The predicted octanol–water partition coefficient (Wildman–Crippen LogP) is 2.97. The van der Waals surface area contributed by atoms with Crippen molar-refractivity contribution in [2.24, 2.45) is 5.10 Å². The van der Waals surface area contributed by atoms with E-state index in [0.29, 0.717) is 17.1 Å². The van der Waals surface area contributed by atoms with Crippen LogP contribution in [0.1, 0.15) is 21.7 Å². The number of rotatable bonds is 4. The standard InChI is InChI=1S/C14H13IN2O3/c1-9-3-5-11(12(7-9)19-2)14(18)17-16-8-10-4-6-13(15)20-10/h3-8H,1-2H3,(H,17,18)/b16-8-. The van der Waals surface area contributed by atoms with E-state index in [2.05, 4.69) is 33.1 Å². The number of carbonyl (C=O) groups excluding carboxylic acids is 1. The number of hydrazone groups is 1. The number of methoxy groups -OCH3 is 1. The lowest BCUT2D eigenvalue weighted by molar-refractivity contribution is 0.0952. The topological polar surface area (TPSA) is 63.8 Å². The molecule has 0 fully saturated rings. The summed E-state index contributed by atoms with van der Waals surface area (Å²) in [6, 6.07) is 8.93. The number of hydrogen-bond donors (Lipinski definition) is 1. The molecule has 0 spiro atoms. The molecule has 5 nitrogen and oxygen atoms in total. The Morgan fingerprint density at radius 1 is 1.40 bits per heavy atom. The average molecular weight is 384 g/mol. The van der Waals surface area contributed by atoms with Crippen LogP contribution >= 0.6 is 22.6 Å². The first-order valence-corrected chi connectivity index (χ1v) is 6.91. The number of nitrogens with one attached hydrogen (secondary N) is 1. The zero-order valence-corrected chi connectivity index (χ0v) is 13.2. The highest BCUT2D eigenvalue weighted by molar-refractivity contribution is 14.1. The summed E-state index contributed by atoms with van der Waals surface area (Å²) in [4.78, 5) is 12.0. The van der Waals surface area contributed by atoms with Gasteiger partial charge in [-0.05, 0) is 59.3 Å². The van der Waals surface area contributed by atoms with Gasteiger partial charge in [0.05, 0.1) is 18.9 Å². The molecule has 0 aliphatic heterocycles. The Morgan fingerprint density at radius 3 is 2.85 bits per heavy atom. The normalized spacial score (nSPS) is 10.8. The molecule has 1 aromatic heterocycles. The number of nitrogens with zero attached hydrogens (tertiary/aromatic N) is 1. The lowest BCUT2D eigenvalue weighted by Crippen LogP contribution is -2.18. The van der Waals surface area contributed by atoms with Gasteiger partial charge >= 0.3 is 0 Å². The molecule has 20 heavy (non-hydrogen) atoms. The van der Waals surface area contributed by atoms with Crippen molar-refractivity contribution in [1.29, 1.82) is 0 Å². The van der Waals surface area contributed by atoms with Crippen molar-refractivity contribution in [2.45, 2.75) is 6.92 Å². The van der Waals surface area contributed by atoms with Crippen LogP contribution in [0.5, 0.6) is 5.75 Å². The molecule has 0 bridgehead atoms. The van der Waals surface area contributed by atoms with Crippen LogP contribution in [-0.2, 0) is 0 Å². The zero-order chi connectivity index (χ0) is 14.5. The Kier molecular flexibility index (Phi) is 4.78. The quantitative estimate of drug-likeness (QED) is 0.501. The van der Waals surface area contributed by atoms with E-state index >= 15 is 0 Å². The number of ether oxygens (including phenoxy) is 1. The fourth-order valence-electron chi connectivity index (χ4n) is 1.60. The summed E-state index contributed by atoms with van der Waals surface area (Å²) < 4.78 is 11.2. The second-order valence-corrected chi connectivity index (χ2v) is 5.11. The minimum Gasteiger partial charge on any atom is -0.496 e. The fraction of sp³-hybridized carbons (Fsp3) is 0.143. The maximum absolute atomic E-state index is 12.0. The van der Waals surface area contributed by atoms with E-state index < -0.39 is 0 Å². The summed E-state index contributed by atoms with van der Waals surface area (Å²) in [6.45, 7) is 1.93. The third kappa shape index (κ3) is 3.60. The summed E-state index contributed by atoms with van der Waals surface area (Å²) in [6.07, 6.45) is 1.45. The second-order valence-electron chi connectivity index (χ2n) is 4.04. The molecule has 0 radical (unpaired) electrons. The third-order valence-electron chi connectivity index (χ3n) is 2.55. The third-order valence-corrected chi connectivity index (χ3v) is 3.13. The van der Waals surface area contributed by atoms with Gasteiger partial charge in [0.2, 0.25) is 0 Å². The fourth-order valence-corrected chi connectivity index (χ4v) is 2.03. The molecule has 1 amide bonds. The number of carbonyl (C=O) groups is 1. The number of hydrogen-bond acceptors (Lipinski definition) is 4. The molecule has 0 aliphatic rings. The average Bonchev–Trinajstić information content (AvgIpc) is 2.84. The highest BCUT2D eigenvalue weighted by atomic mass is 127. The molecule has 1 heterocycles. The zero-order valence-electron chi connectivity index (χ0n) is 11.0. The van der Waals surface area contributed by atoms with Crippen molar-refractivity contribution < 1.29 is 13.9 Å². The molecule has 2 rings (SSSR count). The molecule has 0 unspecified atom stereocenters. The van der Waals surface area contributed by atoms with Gasteiger partial charge in [-0.15, -0.1) is 0 Å². The van der Waals surface area contributed by atoms with E-state index in [0.717, 1.165) is 9.33 Å². The monoisotopic (exact) mass is 384 g/mol. The maximum Gasteiger partial charge on any atom is 0.275 e. The van der Waals surface area contributed by atoms with Crippen LogP contribution in [0, 0.1) is 10.7 Å². The minimum atomic E-state index is -0.334. The first-order valence-electron chi connectivity index (χ1n) is 5.83. The molecule has 1 aromatic carbocycles. The van der Waals surface area contributed by atoms with Gasteiger partial charge in [-0.3, -0.25) is 4.79 Å². The SMILES string of the molecule is COc1cc(C)ccc1C(=O)N/N=C\c1ccc(I)o1. The lowest BCUT2D eigenvalue weighted by Gasteiger charge is -2.07. The van der Waals surface area contributed by atoms with Gasteiger partial charge in [-0.25, -0.2) is 5.43 Å². The van der Waals surface area contributed by atoms with Gasteiger partial charge in [0.1, 0.15) is 11.5 Å². The molecule has 2 aromatic rings. The van der Waals surface area contributed by atoms with Crippen molar-refractivity contribution >= 4 is 34.7 Å². The van der Waals surface area contributed by atoms with Gasteiger partial charge in [-0.1, -0.05) is 6.07 Å². The van der Waals surface area contributed by atoms with Gasteiger partial charge in [0.25, 0.3) is 5.91 Å². The number of halogens is 1. The number of amides is 1. The van der Waals surface area contributed by atoms with Gasteiger partial charge in [-0.2, -0.15) is 5.10 Å². The number of furan rings is 1. The Labute approximate surface area is 130 Å². The summed E-state index contributed by atoms with van der Waals surface area (Å²) in [5.74, 6) is 0.759. The van der Waals surface area contributed by atoms with E-state index in [4.69, 9.17) is 9.15 Å². The van der Waals surface area contributed by atoms with Crippen molar-refractivity contribution in [1.82, 2.24) is 5.43 Å². The van der Waals surface area contributed by atoms with Crippen LogP contribution in [-0.4, -0.2) is 19.2 Å². The van der Waals surface area contributed by atoms with E-state index in [1.165, 1.54) is 13.3 Å². The van der Waals surface area contributed by atoms with Crippen LogP contribution in [0.15, 0.2) is 39.9 Å². The smallest absolute Gasteiger partial charge is 0.275 e. The molecule has 0 saturated heterocycles. The molecule has 104 valence electrons. The Bertz CT molecular complexity index is 650. The minimum absolute atomic E-state index is 0.334. The molecule has 0 aliphatic carbocycles. The van der Waals surface area contributed by atoms with Gasteiger partial charge in [0, 0.05) is 0 Å². The number of aryl methyl sites for hydroxylation is 1. The molecule has 0 atom stereocenters. The van der Waals surface area contributed by atoms with Crippen molar-refractivity contribution in [3.05, 3.63) is 51.0 Å². The van der Waals surface area contributed by atoms with E-state index in [1.807, 2.05) is 19.1 Å². The summed E-state index contributed by atoms with van der Waals surface area (Å²) >= 11 is 2.06. The maximum atomic E-state index is 12.0. The van der Waals surface area contributed by atoms with Crippen LogP contribution in [0.25, 0.3) is 0 Å². The number of benzene rings is 1. The largest absolute Gasteiger partial charge is 0.496 e. The summed E-state index contributed by atoms with van der Waals surface area (Å²) in [5, 5.41) is 3.85. The Hall–Kier alpha value is -1.83. The van der Waals surface area contributed by atoms with Gasteiger partial charge in [0.15, 0.2) is 3.77 Å².